The Hall–Kier alpha value is -0.380. The summed E-state index contributed by atoms with van der Waals surface area (Å²) in [5.74, 6) is 0. The Morgan fingerprint density at radius 3 is 2.12 bits per heavy atom. The van der Waals surface area contributed by atoms with Crippen molar-refractivity contribution < 1.29 is 26.7 Å². The maximum absolute atomic E-state index is 11.8. The number of rotatable bonds is 6. The van der Waals surface area contributed by atoms with Gasteiger partial charge in [-0.05, 0) is 13.3 Å². The van der Waals surface area contributed by atoms with Crippen LogP contribution in [-0.4, -0.2) is 38.4 Å². The molecule has 0 saturated heterocycles. The van der Waals surface area contributed by atoms with Gasteiger partial charge in [-0.1, -0.05) is 6.92 Å². The van der Waals surface area contributed by atoms with Crippen LogP contribution in [0, 0.1) is 0 Å². The van der Waals surface area contributed by atoms with E-state index in [2.05, 4.69) is 0 Å². The van der Waals surface area contributed by atoms with E-state index in [0.29, 0.717) is 0 Å². The van der Waals surface area contributed by atoms with Crippen LogP contribution in [0.3, 0.4) is 0 Å². The standard InChI is InChI=1S/C7H15F3N2O3S/c1-3-6(2,5-13)12-16(14,15)11-4-7(8,9)10/h11-13H,3-5H2,1-2H3. The van der Waals surface area contributed by atoms with Crippen LogP contribution in [0.2, 0.25) is 0 Å². The Kier molecular flexibility index (Phi) is 5.17. The molecule has 0 aromatic heterocycles. The molecule has 0 aliphatic heterocycles. The summed E-state index contributed by atoms with van der Waals surface area (Å²) in [7, 11) is -4.28. The number of aliphatic hydroxyl groups is 1. The van der Waals surface area contributed by atoms with E-state index in [1.165, 1.54) is 11.6 Å². The first-order valence-electron chi connectivity index (χ1n) is 4.50. The average molecular weight is 264 g/mol. The van der Waals surface area contributed by atoms with Gasteiger partial charge in [0.2, 0.25) is 0 Å². The van der Waals surface area contributed by atoms with Gasteiger partial charge in [0.1, 0.15) is 6.54 Å². The van der Waals surface area contributed by atoms with Crippen molar-refractivity contribution >= 4 is 10.2 Å². The minimum absolute atomic E-state index is 0.246. The highest BCUT2D eigenvalue weighted by Gasteiger charge is 2.32. The number of aliphatic hydroxyl groups excluding tert-OH is 1. The van der Waals surface area contributed by atoms with Crippen molar-refractivity contribution in [3.8, 4) is 0 Å². The van der Waals surface area contributed by atoms with Crippen molar-refractivity contribution in [2.24, 2.45) is 0 Å². The first-order valence-corrected chi connectivity index (χ1v) is 5.98. The number of alkyl halides is 3. The molecule has 9 heteroatoms. The van der Waals surface area contributed by atoms with Crippen molar-refractivity contribution in [1.29, 1.82) is 0 Å². The van der Waals surface area contributed by atoms with E-state index >= 15 is 0 Å². The van der Waals surface area contributed by atoms with Gasteiger partial charge in [0, 0.05) is 0 Å². The Labute approximate surface area is 92.2 Å². The number of nitrogens with one attached hydrogen (secondary N) is 2. The maximum atomic E-state index is 11.8. The number of hydrogen-bond acceptors (Lipinski definition) is 3. The highest BCUT2D eigenvalue weighted by molar-refractivity contribution is 7.87. The van der Waals surface area contributed by atoms with E-state index in [9.17, 15) is 21.6 Å². The van der Waals surface area contributed by atoms with Crippen molar-refractivity contribution in [2.45, 2.75) is 32.0 Å². The second-order valence-electron chi connectivity index (χ2n) is 3.61. The van der Waals surface area contributed by atoms with Crippen LogP contribution >= 0.6 is 0 Å². The van der Waals surface area contributed by atoms with Crippen LogP contribution in [0.5, 0.6) is 0 Å². The molecular formula is C7H15F3N2O3S. The van der Waals surface area contributed by atoms with Gasteiger partial charge in [0.15, 0.2) is 0 Å². The topological polar surface area (TPSA) is 78.4 Å². The molecule has 1 atom stereocenters. The second-order valence-corrected chi connectivity index (χ2v) is 5.11. The largest absolute Gasteiger partial charge is 0.402 e. The van der Waals surface area contributed by atoms with Gasteiger partial charge in [0.25, 0.3) is 10.2 Å². The lowest BCUT2D eigenvalue weighted by Crippen LogP contribution is -2.53. The molecule has 0 saturated carbocycles. The molecule has 0 spiro atoms. The van der Waals surface area contributed by atoms with Gasteiger partial charge in [-0.15, -0.1) is 0 Å². The van der Waals surface area contributed by atoms with Crippen molar-refractivity contribution in [1.82, 2.24) is 9.44 Å². The summed E-state index contributed by atoms with van der Waals surface area (Å²) in [6, 6.07) is 0. The fraction of sp³-hybridized carbons (Fsp3) is 1.00. The summed E-state index contributed by atoms with van der Waals surface area (Å²) in [4.78, 5) is 0. The third kappa shape index (κ3) is 6.26. The molecule has 0 aromatic rings. The normalized spacial score (nSPS) is 17.1. The first-order chi connectivity index (χ1) is 7.04. The van der Waals surface area contributed by atoms with E-state index in [1.807, 2.05) is 4.72 Å². The van der Waals surface area contributed by atoms with E-state index in [0.717, 1.165) is 0 Å². The zero-order valence-corrected chi connectivity index (χ0v) is 9.74. The SMILES string of the molecule is CCC(C)(CO)NS(=O)(=O)NCC(F)(F)F. The third-order valence-electron chi connectivity index (χ3n) is 1.97. The van der Waals surface area contributed by atoms with Crippen LogP contribution in [0.4, 0.5) is 13.2 Å². The van der Waals surface area contributed by atoms with Gasteiger partial charge in [0.05, 0.1) is 12.1 Å². The first kappa shape index (κ1) is 15.6. The lowest BCUT2D eigenvalue weighted by molar-refractivity contribution is -0.121. The Balaban J connectivity index is 4.47. The van der Waals surface area contributed by atoms with Crippen molar-refractivity contribution in [3.63, 3.8) is 0 Å². The van der Waals surface area contributed by atoms with E-state index in [4.69, 9.17) is 5.11 Å². The molecule has 0 rings (SSSR count). The zero-order valence-electron chi connectivity index (χ0n) is 8.93. The van der Waals surface area contributed by atoms with Gasteiger partial charge in [-0.3, -0.25) is 0 Å². The van der Waals surface area contributed by atoms with E-state index in [1.54, 1.807) is 6.92 Å². The quantitative estimate of drug-likeness (QED) is 0.638. The predicted octanol–water partition coefficient (Wildman–Crippen LogP) is 0.134. The lowest BCUT2D eigenvalue weighted by atomic mass is 10.0. The second kappa shape index (κ2) is 5.30. The summed E-state index contributed by atoms with van der Waals surface area (Å²) in [5.41, 5.74) is -1.17. The number of hydrogen-bond donors (Lipinski definition) is 3. The molecule has 0 aromatic carbocycles. The molecule has 0 heterocycles. The fourth-order valence-electron chi connectivity index (χ4n) is 0.754. The highest BCUT2D eigenvalue weighted by Crippen LogP contribution is 2.13. The Morgan fingerprint density at radius 1 is 1.31 bits per heavy atom. The molecule has 0 fully saturated rings. The molecule has 0 radical (unpaired) electrons. The molecular weight excluding hydrogens is 249 g/mol. The summed E-state index contributed by atoms with van der Waals surface area (Å²) in [6.45, 7) is 0.840. The molecule has 98 valence electrons. The molecule has 0 amide bonds. The summed E-state index contributed by atoms with van der Waals surface area (Å²) in [5, 5.41) is 8.90. The summed E-state index contributed by atoms with van der Waals surface area (Å²) >= 11 is 0. The smallest absolute Gasteiger partial charge is 0.394 e. The Morgan fingerprint density at radius 2 is 1.81 bits per heavy atom. The summed E-state index contributed by atoms with van der Waals surface area (Å²) < 4.78 is 61.0. The van der Waals surface area contributed by atoms with Crippen molar-refractivity contribution in [3.05, 3.63) is 0 Å². The van der Waals surface area contributed by atoms with Crippen LogP contribution in [0.1, 0.15) is 20.3 Å². The highest BCUT2D eigenvalue weighted by atomic mass is 32.2. The molecule has 0 aliphatic rings. The van der Waals surface area contributed by atoms with Crippen LogP contribution in [0.25, 0.3) is 0 Å². The third-order valence-corrected chi connectivity index (χ3v) is 3.26. The predicted molar refractivity (Wildman–Crippen MR) is 51.9 cm³/mol. The molecule has 0 aliphatic carbocycles. The van der Waals surface area contributed by atoms with Crippen molar-refractivity contribution in [2.75, 3.05) is 13.2 Å². The Bertz CT molecular complexity index is 311. The van der Waals surface area contributed by atoms with Crippen LogP contribution in [0.15, 0.2) is 0 Å². The van der Waals surface area contributed by atoms with E-state index < -0.39 is 35.1 Å². The van der Waals surface area contributed by atoms with Gasteiger partial charge >= 0.3 is 6.18 Å². The number of halogens is 3. The van der Waals surface area contributed by atoms with Gasteiger partial charge < -0.3 is 5.11 Å². The van der Waals surface area contributed by atoms with Gasteiger partial charge in [-0.2, -0.15) is 31.0 Å². The van der Waals surface area contributed by atoms with E-state index in [-0.39, 0.29) is 6.42 Å². The lowest BCUT2D eigenvalue weighted by Gasteiger charge is -2.26. The van der Waals surface area contributed by atoms with Gasteiger partial charge in [-0.25, -0.2) is 0 Å². The molecule has 16 heavy (non-hydrogen) atoms. The molecule has 1 unspecified atom stereocenters. The zero-order chi connectivity index (χ0) is 13.0. The maximum Gasteiger partial charge on any atom is 0.402 e. The van der Waals surface area contributed by atoms with Crippen LogP contribution < -0.4 is 9.44 Å². The monoisotopic (exact) mass is 264 g/mol. The van der Waals surface area contributed by atoms with Crippen LogP contribution in [-0.2, 0) is 10.2 Å². The fourth-order valence-corrected chi connectivity index (χ4v) is 2.04. The average Bonchev–Trinajstić information content (AvgIpc) is 2.13. The summed E-state index contributed by atoms with van der Waals surface area (Å²) in [6.07, 6.45) is -4.37. The molecule has 3 N–H and O–H groups in total. The molecule has 0 bridgehead atoms. The minimum atomic E-state index is -4.61. The molecule has 5 nitrogen and oxygen atoms in total. The minimum Gasteiger partial charge on any atom is -0.394 e.